The number of aliphatic hydroxyl groups is 1. The van der Waals surface area contributed by atoms with E-state index in [0.717, 1.165) is 0 Å². The number of rotatable bonds is 7. The molecule has 0 aliphatic carbocycles. The normalized spacial score (nSPS) is 17.4. The molecule has 0 radical (unpaired) electrons. The number of carbonyl (C=O) groups excluding carboxylic acids is 1. The topological polar surface area (TPSA) is 72.6 Å². The first-order valence-corrected chi connectivity index (χ1v) is 5.06. The molecule has 0 aliphatic heterocycles. The maximum Gasteiger partial charge on any atom is 0.220 e. The van der Waals surface area contributed by atoms with Crippen molar-refractivity contribution in [1.29, 1.82) is 0 Å². The molecular formula is C10H21NO3. The summed E-state index contributed by atoms with van der Waals surface area (Å²) in [6, 6.07) is 0. The molecule has 3 N–H and O–H groups in total. The lowest BCUT2D eigenvalue weighted by Gasteiger charge is -2.26. The molecule has 0 spiro atoms. The Kier molecular flexibility index (Phi) is 5.72. The SMILES string of the molecule is CC[C@@H](CC[C@](O)(CC)OC)C(N)=O. The first kappa shape index (κ1) is 13.4. The van der Waals surface area contributed by atoms with Crippen molar-refractivity contribution >= 4 is 5.91 Å². The highest BCUT2D eigenvalue weighted by Crippen LogP contribution is 2.22. The summed E-state index contributed by atoms with van der Waals surface area (Å²) in [6.07, 6.45) is 2.24. The van der Waals surface area contributed by atoms with Crippen molar-refractivity contribution in [2.45, 2.75) is 45.3 Å². The van der Waals surface area contributed by atoms with Crippen LogP contribution in [0, 0.1) is 5.92 Å². The number of ether oxygens (including phenoxy) is 1. The Morgan fingerprint density at radius 1 is 1.57 bits per heavy atom. The van der Waals surface area contributed by atoms with Gasteiger partial charge in [-0.3, -0.25) is 4.79 Å². The summed E-state index contributed by atoms with van der Waals surface area (Å²) < 4.78 is 4.97. The van der Waals surface area contributed by atoms with E-state index in [0.29, 0.717) is 25.7 Å². The van der Waals surface area contributed by atoms with Crippen LogP contribution in [0.4, 0.5) is 0 Å². The summed E-state index contributed by atoms with van der Waals surface area (Å²) in [6.45, 7) is 3.75. The zero-order valence-corrected chi connectivity index (χ0v) is 9.25. The molecule has 0 aliphatic rings. The van der Waals surface area contributed by atoms with Gasteiger partial charge in [0.05, 0.1) is 0 Å². The fourth-order valence-corrected chi connectivity index (χ4v) is 1.37. The smallest absolute Gasteiger partial charge is 0.220 e. The second kappa shape index (κ2) is 5.98. The van der Waals surface area contributed by atoms with Crippen LogP contribution in [0.3, 0.4) is 0 Å². The minimum Gasteiger partial charge on any atom is -0.369 e. The Morgan fingerprint density at radius 3 is 2.43 bits per heavy atom. The first-order valence-electron chi connectivity index (χ1n) is 5.06. The number of methoxy groups -OCH3 is 1. The maximum absolute atomic E-state index is 10.9. The summed E-state index contributed by atoms with van der Waals surface area (Å²) in [5.41, 5.74) is 5.20. The number of primary amides is 1. The molecule has 0 saturated heterocycles. The molecule has 4 nitrogen and oxygen atoms in total. The summed E-state index contributed by atoms with van der Waals surface area (Å²) in [5.74, 6) is -1.58. The van der Waals surface area contributed by atoms with Crippen LogP contribution < -0.4 is 5.73 Å². The van der Waals surface area contributed by atoms with E-state index in [2.05, 4.69) is 0 Å². The van der Waals surface area contributed by atoms with Crippen LogP contribution in [0.15, 0.2) is 0 Å². The van der Waals surface area contributed by atoms with Crippen molar-refractivity contribution in [3.05, 3.63) is 0 Å². The summed E-state index contributed by atoms with van der Waals surface area (Å²) >= 11 is 0. The predicted octanol–water partition coefficient (Wildman–Crippen LogP) is 1.02. The molecule has 0 fully saturated rings. The molecule has 0 heterocycles. The molecule has 84 valence electrons. The Labute approximate surface area is 85.4 Å². The molecule has 1 amide bonds. The lowest BCUT2D eigenvalue weighted by atomic mass is 9.95. The molecule has 0 aromatic heterocycles. The van der Waals surface area contributed by atoms with Gasteiger partial charge in [0.15, 0.2) is 5.79 Å². The van der Waals surface area contributed by atoms with Gasteiger partial charge in [0, 0.05) is 19.4 Å². The highest BCUT2D eigenvalue weighted by Gasteiger charge is 2.26. The molecule has 4 heteroatoms. The van der Waals surface area contributed by atoms with Gasteiger partial charge in [0.1, 0.15) is 0 Å². The van der Waals surface area contributed by atoms with Crippen molar-refractivity contribution < 1.29 is 14.6 Å². The quantitative estimate of drug-likeness (QED) is 0.607. The van der Waals surface area contributed by atoms with Gasteiger partial charge in [-0.2, -0.15) is 0 Å². The monoisotopic (exact) mass is 203 g/mol. The minimum atomic E-state index is -1.11. The fraction of sp³-hybridized carbons (Fsp3) is 0.900. The van der Waals surface area contributed by atoms with Crippen molar-refractivity contribution in [3.63, 3.8) is 0 Å². The van der Waals surface area contributed by atoms with Gasteiger partial charge in [-0.15, -0.1) is 0 Å². The average molecular weight is 203 g/mol. The van der Waals surface area contributed by atoms with Crippen molar-refractivity contribution in [1.82, 2.24) is 0 Å². The van der Waals surface area contributed by atoms with E-state index in [9.17, 15) is 9.90 Å². The summed E-state index contributed by atoms with van der Waals surface area (Å²) in [4.78, 5) is 10.9. The molecule has 14 heavy (non-hydrogen) atoms. The number of amides is 1. The van der Waals surface area contributed by atoms with Crippen LogP contribution in [0.25, 0.3) is 0 Å². The second-order valence-electron chi connectivity index (χ2n) is 3.55. The largest absolute Gasteiger partial charge is 0.369 e. The highest BCUT2D eigenvalue weighted by molar-refractivity contribution is 5.76. The zero-order chi connectivity index (χ0) is 11.2. The van der Waals surface area contributed by atoms with Gasteiger partial charge in [-0.25, -0.2) is 0 Å². The summed E-state index contributed by atoms with van der Waals surface area (Å²) in [7, 11) is 1.47. The number of carbonyl (C=O) groups is 1. The Balaban J connectivity index is 4.07. The van der Waals surface area contributed by atoms with Gasteiger partial charge in [0.2, 0.25) is 5.91 Å². The molecule has 0 bridgehead atoms. The first-order chi connectivity index (χ1) is 6.49. The van der Waals surface area contributed by atoms with E-state index in [-0.39, 0.29) is 11.8 Å². The predicted molar refractivity (Wildman–Crippen MR) is 54.5 cm³/mol. The Bertz CT molecular complexity index is 178. The highest BCUT2D eigenvalue weighted by atomic mass is 16.6. The third kappa shape index (κ3) is 4.07. The van der Waals surface area contributed by atoms with E-state index in [4.69, 9.17) is 10.5 Å². The van der Waals surface area contributed by atoms with Crippen LogP contribution in [0.1, 0.15) is 39.5 Å². The van der Waals surface area contributed by atoms with Gasteiger partial charge in [-0.05, 0) is 19.3 Å². The van der Waals surface area contributed by atoms with Crippen LogP contribution in [-0.2, 0) is 9.53 Å². The van der Waals surface area contributed by atoms with Crippen LogP contribution in [0.5, 0.6) is 0 Å². The zero-order valence-electron chi connectivity index (χ0n) is 9.25. The van der Waals surface area contributed by atoms with Crippen LogP contribution in [0.2, 0.25) is 0 Å². The van der Waals surface area contributed by atoms with Crippen molar-refractivity contribution in [2.75, 3.05) is 7.11 Å². The van der Waals surface area contributed by atoms with E-state index >= 15 is 0 Å². The molecule has 0 saturated carbocycles. The standard InChI is InChI=1S/C10H21NO3/c1-4-8(9(11)12)6-7-10(13,5-2)14-3/h8,13H,4-7H2,1-3H3,(H2,11,12)/t8-,10-/m0/s1. The van der Waals surface area contributed by atoms with Gasteiger partial charge in [0.25, 0.3) is 0 Å². The molecule has 0 unspecified atom stereocenters. The maximum atomic E-state index is 10.9. The lowest BCUT2D eigenvalue weighted by molar-refractivity contribution is -0.193. The van der Waals surface area contributed by atoms with E-state index < -0.39 is 5.79 Å². The molecule has 0 aromatic rings. The molecule has 0 aromatic carbocycles. The molecular weight excluding hydrogens is 182 g/mol. The van der Waals surface area contributed by atoms with E-state index in [1.54, 1.807) is 0 Å². The number of hydrogen-bond donors (Lipinski definition) is 2. The van der Waals surface area contributed by atoms with E-state index in [1.807, 2.05) is 13.8 Å². The molecule has 2 atom stereocenters. The third-order valence-electron chi connectivity index (χ3n) is 2.71. The fourth-order valence-electron chi connectivity index (χ4n) is 1.37. The number of hydrogen-bond acceptors (Lipinski definition) is 3. The van der Waals surface area contributed by atoms with Gasteiger partial charge >= 0.3 is 0 Å². The Morgan fingerprint density at radius 2 is 2.14 bits per heavy atom. The van der Waals surface area contributed by atoms with Crippen LogP contribution in [-0.4, -0.2) is 23.9 Å². The van der Waals surface area contributed by atoms with E-state index in [1.165, 1.54) is 7.11 Å². The number of nitrogens with two attached hydrogens (primary N) is 1. The van der Waals surface area contributed by atoms with Gasteiger partial charge in [-0.1, -0.05) is 13.8 Å². The lowest BCUT2D eigenvalue weighted by Crippen LogP contribution is -2.32. The van der Waals surface area contributed by atoms with Crippen LogP contribution >= 0.6 is 0 Å². The van der Waals surface area contributed by atoms with Crippen molar-refractivity contribution in [3.8, 4) is 0 Å². The third-order valence-corrected chi connectivity index (χ3v) is 2.71. The Hall–Kier alpha value is -0.610. The minimum absolute atomic E-state index is 0.164. The summed E-state index contributed by atoms with van der Waals surface area (Å²) in [5, 5.41) is 9.78. The second-order valence-corrected chi connectivity index (χ2v) is 3.55. The van der Waals surface area contributed by atoms with Crippen molar-refractivity contribution in [2.24, 2.45) is 11.7 Å². The molecule has 0 rings (SSSR count). The average Bonchev–Trinajstić information content (AvgIpc) is 2.18. The van der Waals surface area contributed by atoms with Gasteiger partial charge < -0.3 is 15.6 Å².